The smallest absolute Gasteiger partial charge is 0.143 e. The van der Waals surface area contributed by atoms with Crippen molar-refractivity contribution >= 4 is 60.5 Å². The molecule has 0 aliphatic rings. The molecule has 0 aliphatic carbocycles. The molecular weight excluding hydrogens is 631 g/mol. The number of para-hydroxylation sites is 2. The van der Waals surface area contributed by atoms with E-state index in [9.17, 15) is 0 Å². The predicted molar refractivity (Wildman–Crippen MR) is 220 cm³/mol. The van der Waals surface area contributed by atoms with E-state index < -0.39 is 0 Å². The summed E-state index contributed by atoms with van der Waals surface area (Å²) in [6.45, 7) is 0. The molecule has 0 atom stereocenters. The standard InChI is InChI=1S/C50H33NO/c1-2-15-39(16-3-1)51(40-31-28-35(29-32-40)34-24-26-38(27-25-34)42-20-10-14-36-12-4-6-17-41(36)42)47-22-9-8-19-44(47)45-21-11-23-48-49(45)46-33-30-37-13-5-7-18-43(37)50(46)52-48/h1-33H. The van der Waals surface area contributed by atoms with Crippen molar-refractivity contribution in [2.24, 2.45) is 0 Å². The van der Waals surface area contributed by atoms with Crippen molar-refractivity contribution < 1.29 is 4.42 Å². The van der Waals surface area contributed by atoms with Crippen molar-refractivity contribution in [2.45, 2.75) is 0 Å². The van der Waals surface area contributed by atoms with Gasteiger partial charge in [0.1, 0.15) is 11.2 Å². The quantitative estimate of drug-likeness (QED) is 0.176. The molecule has 0 spiro atoms. The number of fused-ring (bicyclic) bond motifs is 6. The first-order valence-corrected chi connectivity index (χ1v) is 17.8. The molecule has 52 heavy (non-hydrogen) atoms. The van der Waals surface area contributed by atoms with Gasteiger partial charge in [-0.1, -0.05) is 158 Å². The van der Waals surface area contributed by atoms with Gasteiger partial charge in [0.2, 0.25) is 0 Å². The van der Waals surface area contributed by atoms with Crippen molar-refractivity contribution in [1.29, 1.82) is 0 Å². The van der Waals surface area contributed by atoms with Gasteiger partial charge in [-0.05, 0) is 86.4 Å². The van der Waals surface area contributed by atoms with Gasteiger partial charge in [-0.25, -0.2) is 0 Å². The highest BCUT2D eigenvalue weighted by Gasteiger charge is 2.21. The number of hydrogen-bond donors (Lipinski definition) is 0. The zero-order valence-electron chi connectivity index (χ0n) is 28.4. The fraction of sp³-hybridized carbons (Fsp3) is 0. The summed E-state index contributed by atoms with van der Waals surface area (Å²) in [6.07, 6.45) is 0. The number of benzene rings is 9. The summed E-state index contributed by atoms with van der Waals surface area (Å²) < 4.78 is 6.59. The second kappa shape index (κ2) is 12.5. The molecule has 9 aromatic carbocycles. The average Bonchev–Trinajstić information content (AvgIpc) is 3.62. The van der Waals surface area contributed by atoms with Gasteiger partial charge in [-0.15, -0.1) is 0 Å². The second-order valence-electron chi connectivity index (χ2n) is 13.3. The van der Waals surface area contributed by atoms with Gasteiger partial charge in [-0.3, -0.25) is 0 Å². The zero-order chi connectivity index (χ0) is 34.4. The van der Waals surface area contributed by atoms with E-state index in [0.717, 1.165) is 55.5 Å². The van der Waals surface area contributed by atoms with E-state index in [1.165, 1.54) is 38.4 Å². The number of hydrogen-bond acceptors (Lipinski definition) is 2. The van der Waals surface area contributed by atoms with E-state index in [1.807, 2.05) is 0 Å². The molecule has 2 heteroatoms. The first kappa shape index (κ1) is 30.0. The Morgan fingerprint density at radius 2 is 0.885 bits per heavy atom. The van der Waals surface area contributed by atoms with E-state index in [1.54, 1.807) is 0 Å². The summed E-state index contributed by atoms with van der Waals surface area (Å²) >= 11 is 0. The van der Waals surface area contributed by atoms with Crippen LogP contribution in [0, 0.1) is 0 Å². The van der Waals surface area contributed by atoms with Crippen molar-refractivity contribution in [2.75, 3.05) is 4.90 Å². The molecule has 0 saturated carbocycles. The Labute approximate surface area is 302 Å². The molecule has 2 nitrogen and oxygen atoms in total. The molecule has 0 radical (unpaired) electrons. The topological polar surface area (TPSA) is 16.4 Å². The number of nitrogens with zero attached hydrogens (tertiary/aromatic N) is 1. The first-order valence-electron chi connectivity index (χ1n) is 17.8. The highest BCUT2D eigenvalue weighted by Crippen LogP contribution is 2.45. The fourth-order valence-electron chi connectivity index (χ4n) is 7.80. The Bertz CT molecular complexity index is 2880. The normalized spacial score (nSPS) is 11.5. The molecule has 0 bridgehead atoms. The van der Waals surface area contributed by atoms with Gasteiger partial charge in [0.15, 0.2) is 0 Å². The summed E-state index contributed by atoms with van der Waals surface area (Å²) in [6, 6.07) is 71.6. The summed E-state index contributed by atoms with van der Waals surface area (Å²) in [7, 11) is 0. The van der Waals surface area contributed by atoms with Crippen LogP contribution in [-0.4, -0.2) is 0 Å². The van der Waals surface area contributed by atoms with Crippen LogP contribution in [0.3, 0.4) is 0 Å². The van der Waals surface area contributed by atoms with Crippen LogP contribution in [0.4, 0.5) is 17.1 Å². The maximum atomic E-state index is 6.59. The van der Waals surface area contributed by atoms with Crippen molar-refractivity contribution in [1.82, 2.24) is 0 Å². The SMILES string of the molecule is c1ccc(N(c2ccc(-c3ccc(-c4cccc5ccccc45)cc3)cc2)c2ccccc2-c2cccc3oc4c5ccccc5ccc4c23)cc1. The third-order valence-electron chi connectivity index (χ3n) is 10.3. The van der Waals surface area contributed by atoms with Crippen LogP contribution < -0.4 is 4.90 Å². The highest BCUT2D eigenvalue weighted by molar-refractivity contribution is 6.19. The molecule has 1 heterocycles. The largest absolute Gasteiger partial charge is 0.455 e. The van der Waals surface area contributed by atoms with Crippen LogP contribution in [0.25, 0.3) is 76.9 Å². The van der Waals surface area contributed by atoms with Crippen LogP contribution in [0.5, 0.6) is 0 Å². The maximum Gasteiger partial charge on any atom is 0.143 e. The number of rotatable bonds is 6. The van der Waals surface area contributed by atoms with E-state index in [-0.39, 0.29) is 0 Å². The van der Waals surface area contributed by atoms with Gasteiger partial charge in [0, 0.05) is 33.1 Å². The molecule has 0 saturated heterocycles. The number of anilines is 3. The van der Waals surface area contributed by atoms with Gasteiger partial charge >= 0.3 is 0 Å². The van der Waals surface area contributed by atoms with E-state index in [0.29, 0.717) is 0 Å². The Hall–Kier alpha value is -6.90. The second-order valence-corrected chi connectivity index (χ2v) is 13.3. The van der Waals surface area contributed by atoms with Crippen molar-refractivity contribution in [3.05, 3.63) is 200 Å². The fourth-order valence-corrected chi connectivity index (χ4v) is 7.80. The monoisotopic (exact) mass is 663 g/mol. The van der Waals surface area contributed by atoms with Crippen LogP contribution in [-0.2, 0) is 0 Å². The molecule has 244 valence electrons. The van der Waals surface area contributed by atoms with Gasteiger partial charge < -0.3 is 9.32 Å². The minimum Gasteiger partial charge on any atom is -0.455 e. The average molecular weight is 664 g/mol. The lowest BCUT2D eigenvalue weighted by Gasteiger charge is -2.28. The Kier molecular flexibility index (Phi) is 7.18. The molecule has 10 rings (SSSR count). The third kappa shape index (κ3) is 5.04. The van der Waals surface area contributed by atoms with Crippen LogP contribution in [0.15, 0.2) is 205 Å². The van der Waals surface area contributed by atoms with Crippen molar-refractivity contribution in [3.8, 4) is 33.4 Å². The lowest BCUT2D eigenvalue weighted by Crippen LogP contribution is -2.11. The molecular formula is C50H33NO. The van der Waals surface area contributed by atoms with Crippen LogP contribution in [0.2, 0.25) is 0 Å². The summed E-state index contributed by atoms with van der Waals surface area (Å²) in [5.74, 6) is 0. The summed E-state index contributed by atoms with van der Waals surface area (Å²) in [4.78, 5) is 2.36. The Morgan fingerprint density at radius 1 is 0.327 bits per heavy atom. The number of furan rings is 1. The van der Waals surface area contributed by atoms with Crippen LogP contribution >= 0.6 is 0 Å². The molecule has 0 N–H and O–H groups in total. The van der Waals surface area contributed by atoms with E-state index in [4.69, 9.17) is 4.42 Å². The van der Waals surface area contributed by atoms with Crippen LogP contribution in [0.1, 0.15) is 0 Å². The lowest BCUT2D eigenvalue weighted by atomic mass is 9.95. The van der Waals surface area contributed by atoms with E-state index in [2.05, 4.69) is 205 Å². The van der Waals surface area contributed by atoms with Gasteiger partial charge in [0.25, 0.3) is 0 Å². The first-order chi connectivity index (χ1) is 25.8. The van der Waals surface area contributed by atoms with E-state index >= 15 is 0 Å². The van der Waals surface area contributed by atoms with Crippen molar-refractivity contribution in [3.63, 3.8) is 0 Å². The Morgan fingerprint density at radius 3 is 1.69 bits per heavy atom. The lowest BCUT2D eigenvalue weighted by molar-refractivity contribution is 0.673. The van der Waals surface area contributed by atoms with Gasteiger partial charge in [-0.2, -0.15) is 0 Å². The molecule has 0 aliphatic heterocycles. The molecule has 0 amide bonds. The minimum absolute atomic E-state index is 0.890. The minimum atomic E-state index is 0.890. The predicted octanol–water partition coefficient (Wildman–Crippen LogP) is 14.4. The molecule has 0 unspecified atom stereocenters. The molecule has 0 fully saturated rings. The molecule has 10 aromatic rings. The summed E-state index contributed by atoms with van der Waals surface area (Å²) in [5.41, 5.74) is 12.2. The Balaban J connectivity index is 1.06. The summed E-state index contributed by atoms with van der Waals surface area (Å²) in [5, 5.41) is 7.09. The maximum absolute atomic E-state index is 6.59. The van der Waals surface area contributed by atoms with Gasteiger partial charge in [0.05, 0.1) is 5.69 Å². The highest BCUT2D eigenvalue weighted by atomic mass is 16.3. The molecule has 1 aromatic heterocycles. The zero-order valence-corrected chi connectivity index (χ0v) is 28.4. The third-order valence-corrected chi connectivity index (χ3v) is 10.3.